The molecule has 0 spiro atoms. The second-order valence-corrected chi connectivity index (χ2v) is 10.7. The van der Waals surface area contributed by atoms with Gasteiger partial charge in [-0.3, -0.25) is 4.99 Å². The first-order valence-corrected chi connectivity index (χ1v) is 12.4. The summed E-state index contributed by atoms with van der Waals surface area (Å²) in [5, 5.41) is 1.61. The van der Waals surface area contributed by atoms with Gasteiger partial charge in [0.1, 0.15) is 5.78 Å². The van der Waals surface area contributed by atoms with Crippen molar-refractivity contribution in [2.24, 2.45) is 4.99 Å². The lowest BCUT2D eigenvalue weighted by Gasteiger charge is -2.26. The van der Waals surface area contributed by atoms with Gasteiger partial charge in [0.05, 0.1) is 0 Å². The van der Waals surface area contributed by atoms with Crippen LogP contribution in [-0.2, 0) is 4.57 Å². The third-order valence-electron chi connectivity index (χ3n) is 5.50. The van der Waals surface area contributed by atoms with Crippen molar-refractivity contribution in [3.05, 3.63) is 126 Å². The normalized spacial score (nSPS) is 12.6. The lowest BCUT2D eigenvalue weighted by atomic mass is 10.2. The summed E-state index contributed by atoms with van der Waals surface area (Å²) in [6, 6.07) is 37.6. The molecule has 160 valence electrons. The highest BCUT2D eigenvalue weighted by atomic mass is 31.2. The van der Waals surface area contributed by atoms with E-state index in [-0.39, 0.29) is 0 Å². The number of nitrogens with zero attached hydrogens (tertiary/aromatic N) is 2. The Morgan fingerprint density at radius 3 is 1.62 bits per heavy atom. The van der Waals surface area contributed by atoms with E-state index in [9.17, 15) is 4.57 Å². The fraction of sp³-hybridized carbons (Fsp3) is 0.107. The van der Waals surface area contributed by atoms with E-state index in [2.05, 4.69) is 17.0 Å². The number of anilines is 1. The van der Waals surface area contributed by atoms with Crippen molar-refractivity contribution in [2.45, 2.75) is 5.78 Å². The zero-order valence-corrected chi connectivity index (χ0v) is 19.3. The summed E-state index contributed by atoms with van der Waals surface area (Å²) >= 11 is 0. The maximum absolute atomic E-state index is 15.0. The first-order valence-electron chi connectivity index (χ1n) is 10.7. The summed E-state index contributed by atoms with van der Waals surface area (Å²) in [5.41, 5.74) is 3.04. The number of hydrogen-bond acceptors (Lipinski definition) is 3. The van der Waals surface area contributed by atoms with Gasteiger partial charge in [-0.2, -0.15) is 0 Å². The largest absolute Gasteiger partial charge is 0.378 e. The van der Waals surface area contributed by atoms with E-state index in [1.54, 1.807) is 0 Å². The van der Waals surface area contributed by atoms with E-state index >= 15 is 0 Å². The summed E-state index contributed by atoms with van der Waals surface area (Å²) in [6.45, 7) is 0. The molecule has 0 aromatic heterocycles. The zero-order valence-electron chi connectivity index (χ0n) is 18.4. The van der Waals surface area contributed by atoms with Crippen molar-refractivity contribution in [1.82, 2.24) is 0 Å². The fourth-order valence-corrected chi connectivity index (χ4v) is 6.70. The monoisotopic (exact) mass is 438 g/mol. The van der Waals surface area contributed by atoms with Crippen molar-refractivity contribution < 1.29 is 4.57 Å². The molecule has 0 saturated heterocycles. The van der Waals surface area contributed by atoms with Gasteiger partial charge in [-0.05, 0) is 23.3 Å². The van der Waals surface area contributed by atoms with Gasteiger partial charge in [0.25, 0.3) is 0 Å². The standard InChI is InChI=1S/C28H27N2OP/c1-30(2)25-20-18-23(19-21-25)22-29-28(24-12-6-3-7-13-24)32(31,26-14-8-4-9-15-26)27-16-10-5-11-17-27/h3-22,28H,1-2H3/t28-/m0/s1. The first kappa shape index (κ1) is 21.8. The number of rotatable bonds is 7. The van der Waals surface area contributed by atoms with Gasteiger partial charge in [-0.1, -0.05) is 103 Å². The predicted molar refractivity (Wildman–Crippen MR) is 137 cm³/mol. The molecule has 4 aromatic carbocycles. The molecule has 0 saturated carbocycles. The molecule has 3 nitrogen and oxygen atoms in total. The highest BCUT2D eigenvalue weighted by Crippen LogP contribution is 2.57. The smallest absolute Gasteiger partial charge is 0.170 e. The van der Waals surface area contributed by atoms with Crippen LogP contribution in [0.15, 0.2) is 120 Å². The van der Waals surface area contributed by atoms with Crippen LogP contribution < -0.4 is 15.5 Å². The third-order valence-corrected chi connectivity index (χ3v) is 8.75. The van der Waals surface area contributed by atoms with Gasteiger partial charge < -0.3 is 9.46 Å². The van der Waals surface area contributed by atoms with Gasteiger partial charge in [0.15, 0.2) is 7.14 Å². The van der Waals surface area contributed by atoms with Crippen molar-refractivity contribution in [2.75, 3.05) is 19.0 Å². The molecule has 4 heteroatoms. The molecular weight excluding hydrogens is 411 g/mol. The minimum absolute atomic E-state index is 0.526. The highest BCUT2D eigenvalue weighted by molar-refractivity contribution is 7.79. The molecular formula is C28H27N2OP. The van der Waals surface area contributed by atoms with Crippen LogP contribution in [0.2, 0.25) is 0 Å². The maximum Gasteiger partial charge on any atom is 0.170 e. The second-order valence-electron chi connectivity index (χ2n) is 7.88. The summed E-state index contributed by atoms with van der Waals surface area (Å²) in [5.74, 6) is -0.526. The van der Waals surface area contributed by atoms with Gasteiger partial charge in [0.2, 0.25) is 0 Å². The van der Waals surface area contributed by atoms with Crippen LogP contribution >= 0.6 is 7.14 Å². The summed E-state index contributed by atoms with van der Waals surface area (Å²) in [4.78, 5) is 7.02. The van der Waals surface area contributed by atoms with Crippen LogP contribution in [0.1, 0.15) is 16.9 Å². The Bertz CT molecular complexity index is 1160. The lowest BCUT2D eigenvalue weighted by Crippen LogP contribution is -2.20. The van der Waals surface area contributed by atoms with Crippen molar-refractivity contribution in [3.8, 4) is 0 Å². The summed E-state index contributed by atoms with van der Waals surface area (Å²) in [7, 11) is 0.912. The Morgan fingerprint density at radius 2 is 1.16 bits per heavy atom. The average molecular weight is 439 g/mol. The molecule has 0 bridgehead atoms. The summed E-state index contributed by atoms with van der Waals surface area (Å²) < 4.78 is 15.0. The molecule has 0 unspecified atom stereocenters. The Balaban J connectivity index is 1.85. The molecule has 1 atom stereocenters. The SMILES string of the molecule is CN(C)c1ccc(C=N[C@H](c2ccccc2)P(=O)(c2ccccc2)c2ccccc2)cc1. The predicted octanol–water partition coefficient (Wildman–Crippen LogP) is 5.88. The third kappa shape index (κ3) is 4.59. The van der Waals surface area contributed by atoms with Gasteiger partial charge in [0, 0.05) is 36.6 Å². The Morgan fingerprint density at radius 1 is 0.688 bits per heavy atom. The van der Waals surface area contributed by atoms with E-state index in [0.717, 1.165) is 27.4 Å². The Labute approximate surface area is 190 Å². The lowest BCUT2D eigenvalue weighted by molar-refractivity contribution is 0.579. The van der Waals surface area contributed by atoms with Crippen LogP contribution in [0.5, 0.6) is 0 Å². The molecule has 0 aliphatic carbocycles. The first-order chi connectivity index (χ1) is 15.6. The topological polar surface area (TPSA) is 32.7 Å². The van der Waals surface area contributed by atoms with E-state index in [1.165, 1.54) is 0 Å². The minimum Gasteiger partial charge on any atom is -0.378 e. The molecule has 0 N–H and O–H groups in total. The molecule has 0 fully saturated rings. The molecule has 0 heterocycles. The molecule has 0 radical (unpaired) electrons. The van der Waals surface area contributed by atoms with Gasteiger partial charge in [-0.15, -0.1) is 0 Å². The van der Waals surface area contributed by atoms with E-state index in [0.29, 0.717) is 0 Å². The van der Waals surface area contributed by atoms with Crippen LogP contribution in [0.25, 0.3) is 0 Å². The molecule has 32 heavy (non-hydrogen) atoms. The van der Waals surface area contributed by atoms with Crippen LogP contribution in [0.4, 0.5) is 5.69 Å². The average Bonchev–Trinajstić information content (AvgIpc) is 2.86. The minimum atomic E-state index is -3.12. The molecule has 0 aliphatic rings. The van der Waals surface area contributed by atoms with E-state index in [1.807, 2.05) is 123 Å². The number of benzene rings is 4. The summed E-state index contributed by atoms with van der Waals surface area (Å²) in [6.07, 6.45) is 1.84. The van der Waals surface area contributed by atoms with Crippen LogP contribution in [-0.4, -0.2) is 20.3 Å². The maximum atomic E-state index is 15.0. The van der Waals surface area contributed by atoms with Crippen LogP contribution in [0.3, 0.4) is 0 Å². The van der Waals surface area contributed by atoms with Crippen molar-refractivity contribution >= 4 is 29.7 Å². The van der Waals surface area contributed by atoms with Crippen molar-refractivity contribution in [3.63, 3.8) is 0 Å². The quantitative estimate of drug-likeness (QED) is 0.266. The highest BCUT2D eigenvalue weighted by Gasteiger charge is 2.37. The molecule has 4 aromatic rings. The van der Waals surface area contributed by atoms with Crippen molar-refractivity contribution in [1.29, 1.82) is 0 Å². The molecule has 4 rings (SSSR count). The van der Waals surface area contributed by atoms with Gasteiger partial charge in [-0.25, -0.2) is 0 Å². The van der Waals surface area contributed by atoms with Gasteiger partial charge >= 0.3 is 0 Å². The zero-order chi connectivity index (χ0) is 22.4. The Hall–Kier alpha value is -3.42. The van der Waals surface area contributed by atoms with E-state index in [4.69, 9.17) is 4.99 Å². The second kappa shape index (κ2) is 9.80. The number of hydrogen-bond donors (Lipinski definition) is 0. The van der Waals surface area contributed by atoms with Crippen LogP contribution in [0, 0.1) is 0 Å². The van der Waals surface area contributed by atoms with E-state index < -0.39 is 12.9 Å². The molecule has 0 amide bonds. The molecule has 0 aliphatic heterocycles. The Kier molecular flexibility index (Phi) is 6.68. The fourth-order valence-electron chi connectivity index (χ4n) is 3.76. The number of aliphatic imine (C=N–C) groups is 1.